The van der Waals surface area contributed by atoms with Crippen molar-refractivity contribution >= 4 is 17.0 Å². The molecule has 0 aliphatic carbocycles. The first-order valence-electron chi connectivity index (χ1n) is 5.72. The Morgan fingerprint density at radius 1 is 1.22 bits per heavy atom. The van der Waals surface area contributed by atoms with Crippen LogP contribution in [-0.2, 0) is 9.53 Å². The summed E-state index contributed by atoms with van der Waals surface area (Å²) in [5.74, 6) is -0.0476. The molecule has 5 nitrogen and oxygen atoms in total. The number of rotatable bonds is 4. The fourth-order valence-corrected chi connectivity index (χ4v) is 1.54. The fourth-order valence-electron chi connectivity index (χ4n) is 1.54. The molecular weight excluding hydrogens is 232 g/mol. The van der Waals surface area contributed by atoms with Gasteiger partial charge in [0.1, 0.15) is 5.69 Å². The quantitative estimate of drug-likeness (QED) is 0.771. The maximum absolute atomic E-state index is 11.2. The minimum absolute atomic E-state index is 0.151. The number of hydrogen-bond donors (Lipinski definition) is 0. The van der Waals surface area contributed by atoms with Crippen LogP contribution in [0.3, 0.4) is 0 Å². The Hall–Kier alpha value is -2.17. The second-order valence-corrected chi connectivity index (χ2v) is 3.70. The van der Waals surface area contributed by atoms with E-state index in [4.69, 9.17) is 9.47 Å². The molecule has 0 aliphatic rings. The van der Waals surface area contributed by atoms with Crippen LogP contribution in [0.15, 0.2) is 24.3 Å². The van der Waals surface area contributed by atoms with Crippen molar-refractivity contribution in [2.24, 2.45) is 0 Å². The molecule has 5 heteroatoms. The molecule has 0 spiro atoms. The molecule has 0 radical (unpaired) electrons. The Bertz CT molecular complexity index is 569. The summed E-state index contributed by atoms with van der Waals surface area (Å²) >= 11 is 0. The van der Waals surface area contributed by atoms with Gasteiger partial charge in [-0.05, 0) is 26.0 Å². The lowest BCUT2D eigenvalue weighted by Crippen LogP contribution is -2.15. The highest BCUT2D eigenvalue weighted by atomic mass is 16.6. The molecule has 0 saturated carbocycles. The number of carbonyl (C=O) groups is 1. The SMILES string of the molecule is CCOC(=O)COc1nc2ccccc2nc1C. The maximum atomic E-state index is 11.2. The van der Waals surface area contributed by atoms with E-state index in [-0.39, 0.29) is 6.61 Å². The molecule has 0 fully saturated rings. The van der Waals surface area contributed by atoms with E-state index in [1.165, 1.54) is 0 Å². The summed E-state index contributed by atoms with van der Waals surface area (Å²) in [4.78, 5) is 19.9. The van der Waals surface area contributed by atoms with Crippen LogP contribution >= 0.6 is 0 Å². The first kappa shape index (κ1) is 12.3. The van der Waals surface area contributed by atoms with Crippen LogP contribution in [0.25, 0.3) is 11.0 Å². The molecule has 1 heterocycles. The molecule has 0 saturated heterocycles. The van der Waals surface area contributed by atoms with Gasteiger partial charge in [0.15, 0.2) is 6.61 Å². The van der Waals surface area contributed by atoms with Gasteiger partial charge in [0.05, 0.1) is 17.6 Å². The van der Waals surface area contributed by atoms with E-state index >= 15 is 0 Å². The molecule has 2 aromatic rings. The van der Waals surface area contributed by atoms with E-state index in [1.807, 2.05) is 24.3 Å². The smallest absolute Gasteiger partial charge is 0.344 e. The number of carbonyl (C=O) groups excluding carboxylic acids is 1. The van der Waals surface area contributed by atoms with E-state index in [0.717, 1.165) is 11.0 Å². The summed E-state index contributed by atoms with van der Waals surface area (Å²) in [6.45, 7) is 3.73. The molecular formula is C13H14N2O3. The zero-order chi connectivity index (χ0) is 13.0. The van der Waals surface area contributed by atoms with Gasteiger partial charge in [-0.1, -0.05) is 12.1 Å². The molecule has 0 bridgehead atoms. The average Bonchev–Trinajstić information content (AvgIpc) is 2.36. The fraction of sp³-hybridized carbons (Fsp3) is 0.308. The number of benzene rings is 1. The number of aryl methyl sites for hydroxylation is 1. The number of esters is 1. The topological polar surface area (TPSA) is 61.3 Å². The van der Waals surface area contributed by atoms with Crippen LogP contribution in [0.1, 0.15) is 12.6 Å². The molecule has 1 aromatic heterocycles. The zero-order valence-corrected chi connectivity index (χ0v) is 10.3. The van der Waals surface area contributed by atoms with E-state index in [0.29, 0.717) is 18.2 Å². The summed E-state index contributed by atoms with van der Waals surface area (Å²) in [7, 11) is 0. The van der Waals surface area contributed by atoms with Crippen molar-refractivity contribution in [2.75, 3.05) is 13.2 Å². The Morgan fingerprint density at radius 3 is 2.56 bits per heavy atom. The summed E-state index contributed by atoms with van der Waals surface area (Å²) in [6.07, 6.45) is 0. The number of hydrogen-bond acceptors (Lipinski definition) is 5. The molecule has 2 rings (SSSR count). The van der Waals surface area contributed by atoms with E-state index in [9.17, 15) is 4.79 Å². The van der Waals surface area contributed by atoms with Crippen molar-refractivity contribution in [3.05, 3.63) is 30.0 Å². The molecule has 0 N–H and O–H groups in total. The van der Waals surface area contributed by atoms with Gasteiger partial charge in [0.25, 0.3) is 0 Å². The second-order valence-electron chi connectivity index (χ2n) is 3.70. The Balaban J connectivity index is 2.17. The number of para-hydroxylation sites is 2. The Kier molecular flexibility index (Phi) is 3.72. The summed E-state index contributed by atoms with van der Waals surface area (Å²) in [5.41, 5.74) is 2.19. The van der Waals surface area contributed by atoms with Crippen molar-refractivity contribution in [2.45, 2.75) is 13.8 Å². The largest absolute Gasteiger partial charge is 0.464 e. The van der Waals surface area contributed by atoms with Crippen molar-refractivity contribution in [1.29, 1.82) is 0 Å². The number of fused-ring (bicyclic) bond motifs is 1. The number of nitrogens with zero attached hydrogens (tertiary/aromatic N) is 2. The van der Waals surface area contributed by atoms with Crippen LogP contribution in [0.2, 0.25) is 0 Å². The van der Waals surface area contributed by atoms with Crippen LogP contribution in [0, 0.1) is 6.92 Å². The van der Waals surface area contributed by atoms with Crippen molar-refractivity contribution in [3.63, 3.8) is 0 Å². The third kappa shape index (κ3) is 2.74. The van der Waals surface area contributed by atoms with Gasteiger partial charge >= 0.3 is 5.97 Å². The van der Waals surface area contributed by atoms with Gasteiger partial charge in [-0.2, -0.15) is 0 Å². The van der Waals surface area contributed by atoms with E-state index < -0.39 is 5.97 Å². The standard InChI is InChI=1S/C13H14N2O3/c1-3-17-12(16)8-18-13-9(2)14-10-6-4-5-7-11(10)15-13/h4-7H,3,8H2,1-2H3. The van der Waals surface area contributed by atoms with Crippen molar-refractivity contribution < 1.29 is 14.3 Å². The first-order chi connectivity index (χ1) is 8.70. The lowest BCUT2D eigenvalue weighted by molar-refractivity contribution is -0.145. The minimum Gasteiger partial charge on any atom is -0.464 e. The van der Waals surface area contributed by atoms with Crippen molar-refractivity contribution in [1.82, 2.24) is 9.97 Å². The molecule has 0 unspecified atom stereocenters. The monoisotopic (exact) mass is 246 g/mol. The Labute approximate surface area is 105 Å². The normalized spacial score (nSPS) is 10.3. The van der Waals surface area contributed by atoms with Gasteiger partial charge in [-0.25, -0.2) is 14.8 Å². The van der Waals surface area contributed by atoms with E-state index in [2.05, 4.69) is 9.97 Å². The van der Waals surface area contributed by atoms with Gasteiger partial charge < -0.3 is 9.47 Å². The lowest BCUT2D eigenvalue weighted by atomic mass is 10.3. The van der Waals surface area contributed by atoms with Gasteiger partial charge in [0, 0.05) is 0 Å². The minimum atomic E-state index is -0.410. The van der Waals surface area contributed by atoms with Crippen LogP contribution < -0.4 is 4.74 Å². The number of ether oxygens (including phenoxy) is 2. The summed E-state index contributed by atoms with van der Waals surface area (Å²) < 4.78 is 10.1. The third-order valence-corrected chi connectivity index (χ3v) is 2.33. The zero-order valence-electron chi connectivity index (χ0n) is 10.3. The predicted molar refractivity (Wildman–Crippen MR) is 66.4 cm³/mol. The van der Waals surface area contributed by atoms with Gasteiger partial charge in [-0.15, -0.1) is 0 Å². The highest BCUT2D eigenvalue weighted by Crippen LogP contribution is 2.17. The predicted octanol–water partition coefficient (Wildman–Crippen LogP) is 1.88. The van der Waals surface area contributed by atoms with Crippen LogP contribution in [0.4, 0.5) is 0 Å². The Morgan fingerprint density at radius 2 is 1.89 bits per heavy atom. The summed E-state index contributed by atoms with van der Waals surface area (Å²) in [5, 5.41) is 0. The van der Waals surface area contributed by atoms with Crippen LogP contribution in [-0.4, -0.2) is 29.2 Å². The van der Waals surface area contributed by atoms with E-state index in [1.54, 1.807) is 13.8 Å². The highest BCUT2D eigenvalue weighted by molar-refractivity contribution is 5.75. The summed E-state index contributed by atoms with van der Waals surface area (Å²) in [6, 6.07) is 7.50. The molecule has 0 atom stereocenters. The van der Waals surface area contributed by atoms with Crippen LogP contribution in [0.5, 0.6) is 5.88 Å². The number of aromatic nitrogens is 2. The highest BCUT2D eigenvalue weighted by Gasteiger charge is 2.09. The van der Waals surface area contributed by atoms with Gasteiger partial charge in [0.2, 0.25) is 5.88 Å². The molecule has 1 aromatic carbocycles. The second kappa shape index (κ2) is 5.44. The molecule has 0 aliphatic heterocycles. The maximum Gasteiger partial charge on any atom is 0.344 e. The van der Waals surface area contributed by atoms with Crippen molar-refractivity contribution in [3.8, 4) is 5.88 Å². The molecule has 0 amide bonds. The molecule has 94 valence electrons. The van der Waals surface area contributed by atoms with Gasteiger partial charge in [-0.3, -0.25) is 0 Å². The third-order valence-electron chi connectivity index (χ3n) is 2.33. The average molecular weight is 246 g/mol. The molecule has 18 heavy (non-hydrogen) atoms. The first-order valence-corrected chi connectivity index (χ1v) is 5.72. The lowest BCUT2D eigenvalue weighted by Gasteiger charge is -2.08.